The molecule has 0 unspecified atom stereocenters. The second kappa shape index (κ2) is 7.23. The molecule has 2 N–H and O–H groups in total. The smallest absolute Gasteiger partial charge is 0.267 e. The third-order valence-corrected chi connectivity index (χ3v) is 3.43. The maximum Gasteiger partial charge on any atom is 0.267 e. The zero-order valence-electron chi connectivity index (χ0n) is 11.1. The highest BCUT2D eigenvalue weighted by Gasteiger charge is 2.18. The van der Waals surface area contributed by atoms with E-state index in [2.05, 4.69) is 15.8 Å². The van der Waals surface area contributed by atoms with E-state index in [-0.39, 0.29) is 11.8 Å². The second-order valence-electron chi connectivity index (χ2n) is 4.98. The number of rotatable bonds is 6. The molecular formula is C13H21N3O3. The first-order valence-corrected chi connectivity index (χ1v) is 7.01. The number of nitrogens with zero attached hydrogens (tertiary/aromatic N) is 1. The minimum atomic E-state index is -0.169. The zero-order chi connectivity index (χ0) is 13.5. The van der Waals surface area contributed by atoms with Gasteiger partial charge in [-0.1, -0.05) is 0 Å². The van der Waals surface area contributed by atoms with Crippen molar-refractivity contribution in [2.45, 2.75) is 51.0 Å². The van der Waals surface area contributed by atoms with Crippen LogP contribution >= 0.6 is 0 Å². The van der Waals surface area contributed by atoms with Crippen LogP contribution in [0.4, 0.5) is 0 Å². The molecule has 0 saturated carbocycles. The van der Waals surface area contributed by atoms with Crippen LogP contribution in [0, 0.1) is 0 Å². The van der Waals surface area contributed by atoms with Crippen molar-refractivity contribution in [2.75, 3.05) is 13.2 Å². The lowest BCUT2D eigenvalue weighted by Crippen LogP contribution is -2.37. The maximum absolute atomic E-state index is 11.7. The highest BCUT2D eigenvalue weighted by molar-refractivity contribution is 6.39. The molecule has 6 heteroatoms. The van der Waals surface area contributed by atoms with E-state index in [1.54, 1.807) is 0 Å². The van der Waals surface area contributed by atoms with Gasteiger partial charge in [-0.25, -0.2) is 5.43 Å². The molecule has 6 nitrogen and oxygen atoms in total. The van der Waals surface area contributed by atoms with Crippen molar-refractivity contribution in [3.8, 4) is 0 Å². The SMILES string of the molecule is O=C1CCC(C(=O)NCCCC[C@H]2CCCO2)=NN1. The lowest BCUT2D eigenvalue weighted by Gasteiger charge is -2.12. The van der Waals surface area contributed by atoms with Gasteiger partial charge in [0.2, 0.25) is 5.91 Å². The summed E-state index contributed by atoms with van der Waals surface area (Å²) in [6.45, 7) is 1.55. The first-order valence-electron chi connectivity index (χ1n) is 7.01. The number of ether oxygens (including phenoxy) is 1. The number of carbonyl (C=O) groups is 2. The fourth-order valence-corrected chi connectivity index (χ4v) is 2.31. The van der Waals surface area contributed by atoms with E-state index in [9.17, 15) is 9.59 Å². The van der Waals surface area contributed by atoms with Crippen LogP contribution in [0.5, 0.6) is 0 Å². The first-order chi connectivity index (χ1) is 9.25. The lowest BCUT2D eigenvalue weighted by atomic mass is 10.1. The van der Waals surface area contributed by atoms with Crippen molar-refractivity contribution in [1.82, 2.24) is 10.7 Å². The molecule has 1 fully saturated rings. The van der Waals surface area contributed by atoms with Crippen LogP contribution in [0.15, 0.2) is 5.10 Å². The molecule has 0 aromatic heterocycles. The number of carbonyl (C=O) groups excluding carboxylic acids is 2. The van der Waals surface area contributed by atoms with Crippen molar-refractivity contribution in [1.29, 1.82) is 0 Å². The fourth-order valence-electron chi connectivity index (χ4n) is 2.31. The number of hydrogen-bond acceptors (Lipinski definition) is 4. The number of amides is 2. The van der Waals surface area contributed by atoms with E-state index in [0.717, 1.165) is 25.9 Å². The summed E-state index contributed by atoms with van der Waals surface area (Å²) in [6.07, 6.45) is 6.62. The van der Waals surface area contributed by atoms with E-state index < -0.39 is 0 Å². The van der Waals surface area contributed by atoms with Crippen molar-refractivity contribution >= 4 is 17.5 Å². The van der Waals surface area contributed by atoms with Gasteiger partial charge in [0.05, 0.1) is 6.10 Å². The molecule has 1 atom stereocenters. The Kier molecular flexibility index (Phi) is 5.32. The molecule has 2 aliphatic heterocycles. The van der Waals surface area contributed by atoms with Crippen molar-refractivity contribution in [3.05, 3.63) is 0 Å². The molecule has 19 heavy (non-hydrogen) atoms. The average Bonchev–Trinajstić information content (AvgIpc) is 2.92. The van der Waals surface area contributed by atoms with E-state index in [0.29, 0.717) is 31.2 Å². The number of unbranched alkanes of at least 4 members (excludes halogenated alkanes) is 1. The summed E-state index contributed by atoms with van der Waals surface area (Å²) in [6, 6.07) is 0. The van der Waals surface area contributed by atoms with Gasteiger partial charge in [-0.15, -0.1) is 0 Å². The van der Waals surface area contributed by atoms with Crippen LogP contribution in [0.1, 0.15) is 44.9 Å². The normalized spacial score (nSPS) is 22.8. The van der Waals surface area contributed by atoms with Crippen molar-refractivity contribution in [2.24, 2.45) is 5.10 Å². The van der Waals surface area contributed by atoms with Gasteiger partial charge in [-0.05, 0) is 32.1 Å². The first kappa shape index (κ1) is 14.0. The largest absolute Gasteiger partial charge is 0.378 e. The van der Waals surface area contributed by atoms with Gasteiger partial charge in [-0.2, -0.15) is 5.10 Å². The molecule has 0 spiro atoms. The van der Waals surface area contributed by atoms with Gasteiger partial charge in [0.1, 0.15) is 5.71 Å². The minimum absolute atomic E-state index is 0.131. The Hall–Kier alpha value is -1.43. The second-order valence-corrected chi connectivity index (χ2v) is 4.98. The molecule has 0 bridgehead atoms. The summed E-state index contributed by atoms with van der Waals surface area (Å²) in [5.74, 6) is -0.301. The summed E-state index contributed by atoms with van der Waals surface area (Å²) < 4.78 is 5.54. The van der Waals surface area contributed by atoms with Crippen molar-refractivity contribution in [3.63, 3.8) is 0 Å². The number of hydrazone groups is 1. The van der Waals surface area contributed by atoms with Gasteiger partial charge in [-0.3, -0.25) is 9.59 Å². The summed E-state index contributed by atoms with van der Waals surface area (Å²) in [7, 11) is 0. The molecule has 2 amide bonds. The van der Waals surface area contributed by atoms with E-state index in [1.807, 2.05) is 0 Å². The van der Waals surface area contributed by atoms with Crippen LogP contribution in [-0.4, -0.2) is 36.8 Å². The van der Waals surface area contributed by atoms with Gasteiger partial charge < -0.3 is 10.1 Å². The molecule has 0 aromatic rings. The molecule has 1 saturated heterocycles. The highest BCUT2D eigenvalue weighted by Crippen LogP contribution is 2.17. The molecule has 0 radical (unpaired) electrons. The molecule has 0 aromatic carbocycles. The predicted molar refractivity (Wildman–Crippen MR) is 70.6 cm³/mol. The monoisotopic (exact) mass is 267 g/mol. The van der Waals surface area contributed by atoms with E-state index in [4.69, 9.17) is 4.74 Å². The zero-order valence-corrected chi connectivity index (χ0v) is 11.1. The Morgan fingerprint density at radius 3 is 3.00 bits per heavy atom. The number of hydrogen-bond donors (Lipinski definition) is 2. The minimum Gasteiger partial charge on any atom is -0.378 e. The average molecular weight is 267 g/mol. The highest BCUT2D eigenvalue weighted by atomic mass is 16.5. The quantitative estimate of drug-likeness (QED) is 0.696. The van der Waals surface area contributed by atoms with Gasteiger partial charge in [0.25, 0.3) is 5.91 Å². The molecular weight excluding hydrogens is 246 g/mol. The topological polar surface area (TPSA) is 79.8 Å². The van der Waals surface area contributed by atoms with Crippen LogP contribution in [-0.2, 0) is 14.3 Å². The van der Waals surface area contributed by atoms with Crippen LogP contribution in [0.2, 0.25) is 0 Å². The standard InChI is InChI=1S/C13H21N3O3/c17-12-7-6-11(15-16-12)13(18)14-8-2-1-4-10-5-3-9-19-10/h10H,1-9H2,(H,14,18)(H,16,17)/t10-/m0/s1. The Balaban J connectivity index is 1.55. The van der Waals surface area contributed by atoms with Crippen LogP contribution in [0.25, 0.3) is 0 Å². The molecule has 0 aliphatic carbocycles. The third-order valence-electron chi connectivity index (χ3n) is 3.43. The predicted octanol–water partition coefficient (Wildman–Crippen LogP) is 0.718. The summed E-state index contributed by atoms with van der Waals surface area (Å²) in [5.41, 5.74) is 2.74. The molecule has 2 aliphatic rings. The van der Waals surface area contributed by atoms with Gasteiger partial charge in [0, 0.05) is 26.0 Å². The lowest BCUT2D eigenvalue weighted by molar-refractivity contribution is -0.121. The Morgan fingerprint density at radius 2 is 2.32 bits per heavy atom. The molecule has 2 rings (SSSR count). The Morgan fingerprint density at radius 1 is 1.42 bits per heavy atom. The van der Waals surface area contributed by atoms with E-state index in [1.165, 1.54) is 12.8 Å². The number of nitrogens with one attached hydrogen (secondary N) is 2. The van der Waals surface area contributed by atoms with Gasteiger partial charge in [0.15, 0.2) is 0 Å². The maximum atomic E-state index is 11.7. The fraction of sp³-hybridized carbons (Fsp3) is 0.769. The van der Waals surface area contributed by atoms with Crippen molar-refractivity contribution < 1.29 is 14.3 Å². The summed E-state index contributed by atoms with van der Waals surface area (Å²) in [5, 5.41) is 6.59. The third kappa shape index (κ3) is 4.63. The summed E-state index contributed by atoms with van der Waals surface area (Å²) >= 11 is 0. The Labute approximate surface area is 113 Å². The van der Waals surface area contributed by atoms with Crippen LogP contribution < -0.4 is 10.7 Å². The molecule has 2 heterocycles. The summed E-state index contributed by atoms with van der Waals surface area (Å²) in [4.78, 5) is 22.6. The molecule has 106 valence electrons. The van der Waals surface area contributed by atoms with Gasteiger partial charge >= 0.3 is 0 Å². The van der Waals surface area contributed by atoms with Crippen LogP contribution in [0.3, 0.4) is 0 Å². The van der Waals surface area contributed by atoms with E-state index >= 15 is 0 Å². The Bertz CT molecular complexity index is 362.